The third kappa shape index (κ3) is 4.39. The zero-order valence-electron chi connectivity index (χ0n) is 14.0. The van der Waals surface area contributed by atoms with E-state index in [-0.39, 0.29) is 34.9 Å². The van der Waals surface area contributed by atoms with Gasteiger partial charge in [-0.25, -0.2) is 4.39 Å². The standard InChI is InChI=1S/C19H19ClFN3O2/c20-15-8-7-13(24-19(26)17-6-3-9-22-17)10-14(15)18(25)23-11-12-4-1-2-5-16(12)21/h1-2,4-5,7-8,10,17,22H,3,6,9,11H2,(H,23,25)(H,24,26). The third-order valence-corrected chi connectivity index (χ3v) is 4.58. The van der Waals surface area contributed by atoms with Gasteiger partial charge in [-0.05, 0) is 43.7 Å². The highest BCUT2D eigenvalue weighted by Gasteiger charge is 2.22. The molecule has 1 aliphatic heterocycles. The van der Waals surface area contributed by atoms with E-state index in [4.69, 9.17) is 11.6 Å². The van der Waals surface area contributed by atoms with E-state index in [2.05, 4.69) is 16.0 Å². The number of rotatable bonds is 5. The molecule has 7 heteroatoms. The van der Waals surface area contributed by atoms with Crippen molar-refractivity contribution in [2.75, 3.05) is 11.9 Å². The van der Waals surface area contributed by atoms with Gasteiger partial charge in [0.15, 0.2) is 0 Å². The van der Waals surface area contributed by atoms with Crippen LogP contribution in [-0.4, -0.2) is 24.4 Å². The molecular formula is C19H19ClFN3O2. The van der Waals surface area contributed by atoms with Crippen molar-refractivity contribution in [3.63, 3.8) is 0 Å². The molecule has 0 saturated carbocycles. The summed E-state index contributed by atoms with van der Waals surface area (Å²) >= 11 is 6.11. The Balaban J connectivity index is 1.67. The molecule has 5 nitrogen and oxygen atoms in total. The minimum absolute atomic E-state index is 0.0460. The zero-order chi connectivity index (χ0) is 18.5. The fourth-order valence-electron chi connectivity index (χ4n) is 2.83. The molecule has 1 fully saturated rings. The van der Waals surface area contributed by atoms with Crippen LogP contribution in [0.15, 0.2) is 42.5 Å². The van der Waals surface area contributed by atoms with Gasteiger partial charge in [0.2, 0.25) is 5.91 Å². The molecule has 3 N–H and O–H groups in total. The Morgan fingerprint density at radius 3 is 2.77 bits per heavy atom. The van der Waals surface area contributed by atoms with Crippen molar-refractivity contribution < 1.29 is 14.0 Å². The van der Waals surface area contributed by atoms with Crippen LogP contribution < -0.4 is 16.0 Å². The summed E-state index contributed by atoms with van der Waals surface area (Å²) in [5.41, 5.74) is 1.10. The Kier molecular flexibility index (Phi) is 5.85. The lowest BCUT2D eigenvalue weighted by molar-refractivity contribution is -0.117. The summed E-state index contributed by atoms with van der Waals surface area (Å²) in [6.07, 6.45) is 1.75. The molecule has 1 heterocycles. The highest BCUT2D eigenvalue weighted by atomic mass is 35.5. The van der Waals surface area contributed by atoms with Crippen LogP contribution in [0.5, 0.6) is 0 Å². The van der Waals surface area contributed by atoms with Gasteiger partial charge in [-0.15, -0.1) is 0 Å². The second kappa shape index (κ2) is 8.29. The van der Waals surface area contributed by atoms with Crippen LogP contribution in [0.1, 0.15) is 28.8 Å². The highest BCUT2D eigenvalue weighted by molar-refractivity contribution is 6.34. The van der Waals surface area contributed by atoms with Crippen molar-refractivity contribution >= 4 is 29.1 Å². The predicted octanol–water partition coefficient (Wildman–Crippen LogP) is 3.10. The molecule has 136 valence electrons. The summed E-state index contributed by atoms with van der Waals surface area (Å²) in [4.78, 5) is 24.6. The highest BCUT2D eigenvalue weighted by Crippen LogP contribution is 2.21. The first kappa shape index (κ1) is 18.4. The van der Waals surface area contributed by atoms with Crippen molar-refractivity contribution in [3.8, 4) is 0 Å². The molecule has 1 unspecified atom stereocenters. The minimum Gasteiger partial charge on any atom is -0.348 e. The summed E-state index contributed by atoms with van der Waals surface area (Å²) in [6.45, 7) is 0.868. The second-order valence-corrected chi connectivity index (χ2v) is 6.51. The SMILES string of the molecule is O=C(NCc1ccccc1F)c1cc(NC(=O)C2CCCN2)ccc1Cl. The monoisotopic (exact) mass is 375 g/mol. The van der Waals surface area contributed by atoms with E-state index >= 15 is 0 Å². The molecule has 0 aliphatic carbocycles. The van der Waals surface area contributed by atoms with Gasteiger partial charge < -0.3 is 16.0 Å². The number of amides is 2. The molecule has 26 heavy (non-hydrogen) atoms. The fourth-order valence-corrected chi connectivity index (χ4v) is 3.03. The predicted molar refractivity (Wildman–Crippen MR) is 98.7 cm³/mol. The smallest absolute Gasteiger partial charge is 0.253 e. The lowest BCUT2D eigenvalue weighted by Gasteiger charge is -2.13. The number of hydrogen-bond donors (Lipinski definition) is 3. The first-order valence-electron chi connectivity index (χ1n) is 8.40. The lowest BCUT2D eigenvalue weighted by atomic mass is 10.1. The van der Waals surface area contributed by atoms with Crippen molar-refractivity contribution in [3.05, 3.63) is 64.4 Å². The normalized spacial score (nSPS) is 16.3. The first-order valence-corrected chi connectivity index (χ1v) is 8.78. The summed E-state index contributed by atoms with van der Waals surface area (Å²) in [5, 5.41) is 8.81. The molecule has 0 spiro atoms. The van der Waals surface area contributed by atoms with Gasteiger partial charge in [-0.2, -0.15) is 0 Å². The van der Waals surface area contributed by atoms with Gasteiger partial charge in [-0.3, -0.25) is 9.59 Å². The number of anilines is 1. The minimum atomic E-state index is -0.437. The number of halogens is 2. The Labute approximate surface area is 155 Å². The quantitative estimate of drug-likeness (QED) is 0.752. The fraction of sp³-hybridized carbons (Fsp3) is 0.263. The molecule has 2 aromatic carbocycles. The molecule has 2 aromatic rings. The molecule has 1 aliphatic rings. The van der Waals surface area contributed by atoms with Gasteiger partial charge >= 0.3 is 0 Å². The van der Waals surface area contributed by atoms with Crippen LogP contribution in [0, 0.1) is 5.82 Å². The Morgan fingerprint density at radius 2 is 2.04 bits per heavy atom. The van der Waals surface area contributed by atoms with E-state index in [0.717, 1.165) is 19.4 Å². The number of hydrogen-bond acceptors (Lipinski definition) is 3. The Bertz CT molecular complexity index is 822. The van der Waals surface area contributed by atoms with Gasteiger partial charge in [-0.1, -0.05) is 29.8 Å². The molecule has 1 atom stereocenters. The summed E-state index contributed by atoms with van der Waals surface area (Å²) in [7, 11) is 0. The van der Waals surface area contributed by atoms with Crippen LogP contribution in [0.2, 0.25) is 5.02 Å². The number of carbonyl (C=O) groups is 2. The average molecular weight is 376 g/mol. The molecular weight excluding hydrogens is 357 g/mol. The maximum atomic E-state index is 13.6. The largest absolute Gasteiger partial charge is 0.348 e. The topological polar surface area (TPSA) is 70.2 Å². The Hall–Kier alpha value is -2.44. The third-order valence-electron chi connectivity index (χ3n) is 4.25. The van der Waals surface area contributed by atoms with E-state index in [9.17, 15) is 14.0 Å². The molecule has 0 aromatic heterocycles. The molecule has 2 amide bonds. The average Bonchev–Trinajstić information content (AvgIpc) is 3.17. The van der Waals surface area contributed by atoms with Crippen molar-refractivity contribution in [1.29, 1.82) is 0 Å². The lowest BCUT2D eigenvalue weighted by Crippen LogP contribution is -2.35. The van der Waals surface area contributed by atoms with Crippen molar-refractivity contribution in [2.45, 2.75) is 25.4 Å². The van der Waals surface area contributed by atoms with Crippen LogP contribution in [0.3, 0.4) is 0 Å². The first-order chi connectivity index (χ1) is 12.5. The van der Waals surface area contributed by atoms with Crippen molar-refractivity contribution in [1.82, 2.24) is 10.6 Å². The van der Waals surface area contributed by atoms with E-state index in [0.29, 0.717) is 11.3 Å². The van der Waals surface area contributed by atoms with Crippen molar-refractivity contribution in [2.24, 2.45) is 0 Å². The molecule has 3 rings (SSSR count). The molecule has 0 radical (unpaired) electrons. The van der Waals surface area contributed by atoms with Crippen LogP contribution in [-0.2, 0) is 11.3 Å². The van der Waals surface area contributed by atoms with E-state index in [1.165, 1.54) is 12.1 Å². The summed E-state index contributed by atoms with van der Waals surface area (Å²) in [6, 6.07) is 10.7. The van der Waals surface area contributed by atoms with Crippen LogP contribution >= 0.6 is 11.6 Å². The Morgan fingerprint density at radius 1 is 1.23 bits per heavy atom. The van der Waals surface area contributed by atoms with Gasteiger partial charge in [0.1, 0.15) is 5.82 Å². The molecule has 1 saturated heterocycles. The van der Waals surface area contributed by atoms with Crippen LogP contribution in [0.4, 0.5) is 10.1 Å². The van der Waals surface area contributed by atoms with E-state index in [1.807, 2.05) is 0 Å². The summed E-state index contributed by atoms with van der Waals surface area (Å²) < 4.78 is 13.6. The number of benzene rings is 2. The maximum Gasteiger partial charge on any atom is 0.253 e. The van der Waals surface area contributed by atoms with Crippen LogP contribution in [0.25, 0.3) is 0 Å². The maximum absolute atomic E-state index is 13.6. The second-order valence-electron chi connectivity index (χ2n) is 6.11. The van der Waals surface area contributed by atoms with Gasteiger partial charge in [0.05, 0.1) is 16.6 Å². The van der Waals surface area contributed by atoms with Gasteiger partial charge in [0.25, 0.3) is 5.91 Å². The summed E-state index contributed by atoms with van der Waals surface area (Å²) in [5.74, 6) is -0.958. The van der Waals surface area contributed by atoms with E-state index in [1.54, 1.807) is 30.3 Å². The molecule has 0 bridgehead atoms. The number of nitrogens with one attached hydrogen (secondary N) is 3. The number of carbonyl (C=O) groups excluding carboxylic acids is 2. The van der Waals surface area contributed by atoms with Gasteiger partial charge in [0, 0.05) is 17.8 Å². The van der Waals surface area contributed by atoms with E-state index < -0.39 is 5.91 Å². The zero-order valence-corrected chi connectivity index (χ0v) is 14.8.